The molecule has 0 bridgehead atoms. The van der Waals surface area contributed by atoms with Gasteiger partial charge < -0.3 is 0 Å². The number of hydrogen-bond acceptors (Lipinski definition) is 6. The fraction of sp³-hybridized carbons (Fsp3) is 0.267. The topological polar surface area (TPSA) is 69.1 Å². The first kappa shape index (κ1) is 28.9. The first-order valence-electron chi connectivity index (χ1n) is 13.6. The molecule has 224 valence electrons. The van der Waals surface area contributed by atoms with Crippen LogP contribution in [0.15, 0.2) is 73.3 Å². The van der Waals surface area contributed by atoms with Crippen LogP contribution in [0.25, 0.3) is 11.1 Å². The maximum absolute atomic E-state index is 13.8. The number of piperidine rings is 1. The molecule has 8 nitrogen and oxygen atoms in total. The van der Waals surface area contributed by atoms with E-state index in [4.69, 9.17) is 34.1 Å². The number of likely N-dealkylation sites (tertiary alicyclic amines) is 1. The molecule has 43 heavy (non-hydrogen) atoms. The Labute approximate surface area is 264 Å². The summed E-state index contributed by atoms with van der Waals surface area (Å²) in [5.74, 6) is -1.89. The molecule has 1 aromatic heterocycles. The molecular weight excluding hydrogens is 716 g/mol. The summed E-state index contributed by atoms with van der Waals surface area (Å²) in [4.78, 5) is 20.9. The number of anilines is 1. The Hall–Kier alpha value is -2.81. The van der Waals surface area contributed by atoms with Crippen LogP contribution in [-0.4, -0.2) is 44.0 Å². The summed E-state index contributed by atoms with van der Waals surface area (Å²) in [7, 11) is 0. The van der Waals surface area contributed by atoms with Gasteiger partial charge in [0.25, 0.3) is 0 Å². The first-order valence-corrected chi connectivity index (χ1v) is 17.0. The van der Waals surface area contributed by atoms with E-state index in [1.807, 2.05) is 33.2 Å². The van der Waals surface area contributed by atoms with Crippen molar-refractivity contribution < 1.29 is 24.4 Å². The number of benzene rings is 3. The van der Waals surface area contributed by atoms with Crippen LogP contribution in [0.4, 0.5) is 19.3 Å². The van der Waals surface area contributed by atoms with Gasteiger partial charge in [-0.25, -0.2) is 8.78 Å². The van der Waals surface area contributed by atoms with Crippen molar-refractivity contribution in [1.82, 2.24) is 12.7 Å². The molecule has 3 aliphatic heterocycles. The van der Waals surface area contributed by atoms with E-state index in [0.717, 1.165) is 42.0 Å². The summed E-state index contributed by atoms with van der Waals surface area (Å²) >= 11 is 11.0. The second-order valence-electron chi connectivity index (χ2n) is 10.7. The van der Waals surface area contributed by atoms with Crippen LogP contribution in [0.1, 0.15) is 30.3 Å². The molecule has 13 heteroatoms. The fourth-order valence-electron chi connectivity index (χ4n) is 5.58. The van der Waals surface area contributed by atoms with Gasteiger partial charge in [0, 0.05) is 12.1 Å². The predicted molar refractivity (Wildman–Crippen MR) is 166 cm³/mol. The molecule has 0 radical (unpaired) electrons. The van der Waals surface area contributed by atoms with E-state index in [0.29, 0.717) is 47.1 Å². The number of ether oxygens (including phenoxy) is 1. The zero-order valence-electron chi connectivity index (χ0n) is 22.6. The fourth-order valence-corrected chi connectivity index (χ4v) is 9.02. The van der Waals surface area contributed by atoms with Crippen molar-refractivity contribution in [2.75, 3.05) is 24.5 Å². The Morgan fingerprint density at radius 1 is 0.977 bits per heavy atom. The third kappa shape index (κ3) is 5.74. The van der Waals surface area contributed by atoms with Gasteiger partial charge in [-0.05, 0) is 35.4 Å². The van der Waals surface area contributed by atoms with Crippen LogP contribution in [0.3, 0.4) is 0 Å². The van der Waals surface area contributed by atoms with Crippen molar-refractivity contribution >= 4 is 55.9 Å². The molecule has 1 spiro atoms. The van der Waals surface area contributed by atoms with Crippen LogP contribution in [0.2, 0.25) is 10.0 Å². The van der Waals surface area contributed by atoms with Gasteiger partial charge in [-0.15, -0.1) is 0 Å². The van der Waals surface area contributed by atoms with Gasteiger partial charge in [-0.3, -0.25) is 0 Å². The van der Waals surface area contributed by atoms with Crippen LogP contribution in [0, 0.1) is 11.6 Å². The number of rotatable bonds is 6. The second-order valence-corrected chi connectivity index (χ2v) is 14.8. The molecule has 3 fully saturated rings. The molecule has 4 aromatic rings. The maximum atomic E-state index is 13.8. The molecule has 7 rings (SSSR count). The van der Waals surface area contributed by atoms with Crippen molar-refractivity contribution in [3.8, 4) is 11.1 Å². The summed E-state index contributed by atoms with van der Waals surface area (Å²) in [6.45, 7) is 2.52. The van der Waals surface area contributed by atoms with Crippen LogP contribution in [-0.2, 0) is 17.4 Å². The Morgan fingerprint density at radius 2 is 1.70 bits per heavy atom. The van der Waals surface area contributed by atoms with Gasteiger partial charge in [-0.2, -0.15) is 0 Å². The number of imidazole rings is 1. The molecule has 3 saturated heterocycles. The molecule has 0 saturated carbocycles. The van der Waals surface area contributed by atoms with Crippen molar-refractivity contribution in [1.29, 1.82) is 0 Å². The van der Waals surface area contributed by atoms with E-state index in [1.165, 1.54) is 6.07 Å². The van der Waals surface area contributed by atoms with Gasteiger partial charge in [0.15, 0.2) is 11.6 Å². The molecule has 0 N–H and O–H groups in total. The van der Waals surface area contributed by atoms with Crippen molar-refractivity contribution in [3.05, 3.63) is 106 Å². The average molecular weight is 741 g/mol. The quantitative estimate of drug-likeness (QED) is 0.187. The average Bonchev–Trinajstić information content (AvgIpc) is 3.60. The number of halogens is 5. The molecule has 1 amide bonds. The van der Waals surface area contributed by atoms with Crippen LogP contribution in [0.5, 0.6) is 0 Å². The number of nitrogens with zero attached hydrogens (tertiary/aromatic N) is 4. The van der Waals surface area contributed by atoms with Crippen molar-refractivity contribution in [2.45, 2.75) is 31.3 Å². The zero-order valence-corrected chi connectivity index (χ0v) is 26.2. The van der Waals surface area contributed by atoms with E-state index in [2.05, 4.69) is 9.88 Å². The molecule has 0 atom stereocenters. The number of amides is 1. The third-order valence-corrected chi connectivity index (χ3v) is 11.7. The minimum absolute atomic E-state index is 0.350. The summed E-state index contributed by atoms with van der Waals surface area (Å²) in [5.41, 5.74) is 2.88. The molecular formula is C30H25Cl2F2IN4O4. The Bertz CT molecular complexity index is 1640. The van der Waals surface area contributed by atoms with Crippen LogP contribution >= 0.6 is 44.1 Å². The number of carbonyl (C=O) groups is 1. The SMILES string of the molecule is O=C1OC2(CCN(Cc3cc(Cl)c(-c4ccc(F)c(F)c4)c(Cl)c3)CC2)CN1c1ccc(C2OI(n3ccnc3)O2)cc1. The predicted octanol–water partition coefficient (Wildman–Crippen LogP) is 7.97. The Morgan fingerprint density at radius 3 is 2.35 bits per heavy atom. The molecule has 0 aliphatic carbocycles. The van der Waals surface area contributed by atoms with E-state index in [-0.39, 0.29) is 6.09 Å². The zero-order chi connectivity index (χ0) is 29.7. The van der Waals surface area contributed by atoms with E-state index < -0.39 is 44.4 Å². The van der Waals surface area contributed by atoms with Crippen molar-refractivity contribution in [3.63, 3.8) is 0 Å². The van der Waals surface area contributed by atoms with Gasteiger partial charge in [0.1, 0.15) is 0 Å². The van der Waals surface area contributed by atoms with E-state index in [1.54, 1.807) is 29.6 Å². The normalized spacial score (nSPS) is 19.6. The monoisotopic (exact) mass is 740 g/mol. The Kier molecular flexibility index (Phi) is 7.81. The van der Waals surface area contributed by atoms with E-state index >= 15 is 0 Å². The standard InChI is InChI=1S/C30H25Cl2F2IN4O4/c31-23-13-19(14-24(32)27(23)21-3-6-25(33)26(34)15-21)16-37-10-7-30(8-11-37)17-39(29(40)41-30)22-4-1-20(2-5-22)28-42-35(43-28)38-12-9-36-18-38/h1-6,9,12-15,18,28H,7-8,10-11,16-17H2. The van der Waals surface area contributed by atoms with Gasteiger partial charge >= 0.3 is 159 Å². The molecule has 4 heterocycles. The first-order chi connectivity index (χ1) is 20.8. The third-order valence-electron chi connectivity index (χ3n) is 7.88. The van der Waals surface area contributed by atoms with Gasteiger partial charge in [0.2, 0.25) is 0 Å². The number of aromatic nitrogens is 2. The van der Waals surface area contributed by atoms with Crippen molar-refractivity contribution in [2.24, 2.45) is 0 Å². The summed E-state index contributed by atoms with van der Waals surface area (Å²) in [6.07, 6.45) is 5.86. The Balaban J connectivity index is 0.954. The van der Waals surface area contributed by atoms with Gasteiger partial charge in [0.05, 0.1) is 10.0 Å². The second kappa shape index (κ2) is 11.6. The molecule has 0 unspecified atom stereocenters. The summed E-state index contributed by atoms with van der Waals surface area (Å²) < 4.78 is 46.9. The summed E-state index contributed by atoms with van der Waals surface area (Å²) in [5, 5.41) is 0.730. The van der Waals surface area contributed by atoms with Gasteiger partial charge in [-0.1, -0.05) is 29.3 Å². The molecule has 3 aromatic carbocycles. The minimum atomic E-state index is -2.11. The molecule has 3 aliphatic rings. The van der Waals surface area contributed by atoms with E-state index in [9.17, 15) is 13.6 Å². The van der Waals surface area contributed by atoms with Crippen LogP contribution < -0.4 is 4.90 Å². The number of carbonyl (C=O) groups excluding carboxylic acids is 1. The number of hydrogen-bond donors (Lipinski definition) is 0. The summed E-state index contributed by atoms with van der Waals surface area (Å²) in [6, 6.07) is 14.8.